The van der Waals surface area contributed by atoms with Crippen molar-refractivity contribution < 1.29 is 36.3 Å². The second-order valence-corrected chi connectivity index (χ2v) is 7.62. The standard InChI is InChI=1S/C14H14F3NO5S/c1-24(22,23)9-4-2-3-8(5-9)12(19)18-6-10(13(20)21)11(7-18)14(15,16)17/h2-5,10-11H,6-7H2,1H3,(H,20,21)/t10-,11-/m1/s1. The number of rotatable bonds is 3. The highest BCUT2D eigenvalue weighted by Gasteiger charge is 2.53. The summed E-state index contributed by atoms with van der Waals surface area (Å²) in [4.78, 5) is 24.0. The van der Waals surface area contributed by atoms with Crippen LogP contribution in [-0.4, -0.2) is 55.8 Å². The van der Waals surface area contributed by atoms with Crippen LogP contribution in [0.1, 0.15) is 10.4 Å². The lowest BCUT2D eigenvalue weighted by Crippen LogP contribution is -2.34. The number of hydrogen-bond donors (Lipinski definition) is 1. The van der Waals surface area contributed by atoms with Crippen molar-refractivity contribution in [3.8, 4) is 0 Å². The van der Waals surface area contributed by atoms with E-state index in [-0.39, 0.29) is 10.5 Å². The summed E-state index contributed by atoms with van der Waals surface area (Å²) >= 11 is 0. The number of carbonyl (C=O) groups excluding carboxylic acids is 1. The summed E-state index contributed by atoms with van der Waals surface area (Å²) in [5.41, 5.74) is -0.107. The Bertz CT molecular complexity index is 775. The first kappa shape index (κ1) is 18.2. The van der Waals surface area contributed by atoms with Crippen molar-refractivity contribution in [3.05, 3.63) is 29.8 Å². The molecule has 1 fully saturated rings. The zero-order valence-electron chi connectivity index (χ0n) is 12.4. The first-order valence-electron chi connectivity index (χ1n) is 6.80. The molecule has 10 heteroatoms. The van der Waals surface area contributed by atoms with Gasteiger partial charge in [-0.3, -0.25) is 9.59 Å². The molecule has 6 nitrogen and oxygen atoms in total. The van der Waals surface area contributed by atoms with Gasteiger partial charge in [0.25, 0.3) is 5.91 Å². The van der Waals surface area contributed by atoms with Crippen LogP contribution in [0.25, 0.3) is 0 Å². The maximum atomic E-state index is 13.0. The fraction of sp³-hybridized carbons (Fsp3) is 0.429. The predicted molar refractivity (Wildman–Crippen MR) is 76.1 cm³/mol. The first-order valence-corrected chi connectivity index (χ1v) is 8.69. The molecule has 2 rings (SSSR count). The fourth-order valence-corrected chi connectivity index (χ4v) is 3.26. The van der Waals surface area contributed by atoms with Crippen LogP contribution in [-0.2, 0) is 14.6 Å². The van der Waals surface area contributed by atoms with Gasteiger partial charge in [0.2, 0.25) is 0 Å². The number of halogens is 3. The molecule has 0 aliphatic carbocycles. The van der Waals surface area contributed by atoms with Crippen LogP contribution in [0.2, 0.25) is 0 Å². The predicted octanol–water partition coefficient (Wildman–Crippen LogP) is 1.43. The number of carbonyl (C=O) groups is 2. The van der Waals surface area contributed by atoms with Gasteiger partial charge >= 0.3 is 12.1 Å². The molecule has 1 aromatic rings. The molecule has 1 amide bonds. The van der Waals surface area contributed by atoms with E-state index in [0.717, 1.165) is 17.2 Å². The van der Waals surface area contributed by atoms with Crippen molar-refractivity contribution in [3.63, 3.8) is 0 Å². The molecule has 1 heterocycles. The molecule has 2 atom stereocenters. The van der Waals surface area contributed by atoms with Gasteiger partial charge in [-0.2, -0.15) is 13.2 Å². The van der Waals surface area contributed by atoms with Crippen LogP contribution >= 0.6 is 0 Å². The van der Waals surface area contributed by atoms with Gasteiger partial charge in [-0.05, 0) is 18.2 Å². The normalized spacial score (nSPS) is 21.8. The average Bonchev–Trinajstić information content (AvgIpc) is 2.91. The summed E-state index contributed by atoms with van der Waals surface area (Å²) < 4.78 is 61.9. The quantitative estimate of drug-likeness (QED) is 0.875. The lowest BCUT2D eigenvalue weighted by molar-refractivity contribution is -0.187. The number of benzene rings is 1. The monoisotopic (exact) mass is 365 g/mol. The summed E-state index contributed by atoms with van der Waals surface area (Å²) in [6.07, 6.45) is -3.81. The van der Waals surface area contributed by atoms with Crippen molar-refractivity contribution in [1.29, 1.82) is 0 Å². The van der Waals surface area contributed by atoms with E-state index in [9.17, 15) is 31.2 Å². The van der Waals surface area contributed by atoms with Crippen LogP contribution < -0.4 is 0 Å². The second kappa shape index (κ2) is 6.08. The molecule has 0 unspecified atom stereocenters. The van der Waals surface area contributed by atoms with Crippen LogP contribution in [0.5, 0.6) is 0 Å². The Morgan fingerprint density at radius 1 is 1.25 bits per heavy atom. The Hall–Kier alpha value is -2.10. The van der Waals surface area contributed by atoms with E-state index in [0.29, 0.717) is 0 Å². The molecular weight excluding hydrogens is 351 g/mol. The molecule has 0 bridgehead atoms. The number of nitrogens with zero attached hydrogens (tertiary/aromatic N) is 1. The maximum Gasteiger partial charge on any atom is 0.394 e. The van der Waals surface area contributed by atoms with E-state index in [4.69, 9.17) is 5.11 Å². The largest absolute Gasteiger partial charge is 0.481 e. The zero-order valence-corrected chi connectivity index (χ0v) is 13.3. The van der Waals surface area contributed by atoms with Crippen molar-refractivity contribution in [1.82, 2.24) is 4.90 Å². The zero-order chi connectivity index (χ0) is 18.3. The van der Waals surface area contributed by atoms with Crippen molar-refractivity contribution in [2.45, 2.75) is 11.1 Å². The Balaban J connectivity index is 2.30. The highest BCUT2D eigenvalue weighted by Crippen LogP contribution is 2.38. The van der Waals surface area contributed by atoms with Gasteiger partial charge in [-0.15, -0.1) is 0 Å². The SMILES string of the molecule is CS(=O)(=O)c1cccc(C(=O)N2C[C@@H](C(F)(F)F)[C@H](C(=O)O)C2)c1. The third-order valence-electron chi connectivity index (χ3n) is 3.85. The van der Waals surface area contributed by atoms with Gasteiger partial charge < -0.3 is 10.0 Å². The summed E-state index contributed by atoms with van der Waals surface area (Å²) in [6.45, 7) is -1.36. The van der Waals surface area contributed by atoms with Crippen LogP contribution in [0, 0.1) is 11.8 Å². The van der Waals surface area contributed by atoms with Gasteiger partial charge in [0.15, 0.2) is 9.84 Å². The van der Waals surface area contributed by atoms with Gasteiger partial charge in [0.1, 0.15) is 0 Å². The Morgan fingerprint density at radius 3 is 2.33 bits per heavy atom. The number of carboxylic acid groups (broad SMARTS) is 1. The van der Waals surface area contributed by atoms with Crippen molar-refractivity contribution >= 4 is 21.7 Å². The molecule has 1 aliphatic heterocycles. The molecule has 132 valence electrons. The molecule has 0 radical (unpaired) electrons. The van der Waals surface area contributed by atoms with Gasteiger partial charge in [0.05, 0.1) is 16.7 Å². The van der Waals surface area contributed by atoms with Crippen LogP contribution in [0.4, 0.5) is 13.2 Å². The second-order valence-electron chi connectivity index (χ2n) is 5.60. The molecule has 1 saturated heterocycles. The fourth-order valence-electron chi connectivity index (χ4n) is 2.59. The van der Waals surface area contributed by atoms with E-state index in [1.54, 1.807) is 0 Å². The van der Waals surface area contributed by atoms with Gasteiger partial charge in [0, 0.05) is 24.9 Å². The molecular formula is C14H14F3NO5S. The number of carboxylic acids is 1. The maximum absolute atomic E-state index is 13.0. The topological polar surface area (TPSA) is 91.8 Å². The van der Waals surface area contributed by atoms with Crippen molar-refractivity contribution in [2.75, 3.05) is 19.3 Å². The Labute approximate surface area is 135 Å². The average molecular weight is 365 g/mol. The molecule has 0 aromatic heterocycles. The summed E-state index contributed by atoms with van der Waals surface area (Å²) in [5.74, 6) is -6.36. The van der Waals surface area contributed by atoms with Crippen LogP contribution in [0.3, 0.4) is 0 Å². The summed E-state index contributed by atoms with van der Waals surface area (Å²) in [5, 5.41) is 8.95. The number of likely N-dealkylation sites (tertiary alicyclic amines) is 1. The minimum Gasteiger partial charge on any atom is -0.481 e. The van der Waals surface area contributed by atoms with E-state index in [1.165, 1.54) is 18.2 Å². The van der Waals surface area contributed by atoms with Crippen LogP contribution in [0.15, 0.2) is 29.2 Å². The van der Waals surface area contributed by atoms with E-state index < -0.39 is 52.8 Å². The summed E-state index contributed by atoms with van der Waals surface area (Å²) in [6, 6.07) is 4.90. The number of sulfone groups is 1. The van der Waals surface area contributed by atoms with Crippen molar-refractivity contribution in [2.24, 2.45) is 11.8 Å². The van der Waals surface area contributed by atoms with Gasteiger partial charge in [-0.25, -0.2) is 8.42 Å². The molecule has 1 N–H and O–H groups in total. The third-order valence-corrected chi connectivity index (χ3v) is 4.96. The summed E-state index contributed by atoms with van der Waals surface area (Å²) in [7, 11) is -3.59. The number of alkyl halides is 3. The highest BCUT2D eigenvalue weighted by atomic mass is 32.2. The molecule has 1 aliphatic rings. The molecule has 0 saturated carbocycles. The number of amides is 1. The first-order chi connectivity index (χ1) is 10.9. The number of hydrogen-bond acceptors (Lipinski definition) is 4. The smallest absolute Gasteiger partial charge is 0.394 e. The lowest BCUT2D eigenvalue weighted by Gasteiger charge is -2.18. The Morgan fingerprint density at radius 2 is 1.88 bits per heavy atom. The lowest BCUT2D eigenvalue weighted by atomic mass is 9.96. The minimum atomic E-state index is -4.74. The van der Waals surface area contributed by atoms with Gasteiger partial charge in [-0.1, -0.05) is 6.07 Å². The molecule has 0 spiro atoms. The third kappa shape index (κ3) is 3.69. The molecule has 24 heavy (non-hydrogen) atoms. The van der Waals surface area contributed by atoms with E-state index in [1.807, 2.05) is 0 Å². The Kier molecular flexibility index (Phi) is 4.62. The minimum absolute atomic E-state index is 0.107. The molecule has 1 aromatic carbocycles. The highest BCUT2D eigenvalue weighted by molar-refractivity contribution is 7.90. The van der Waals surface area contributed by atoms with E-state index >= 15 is 0 Å². The number of aliphatic carboxylic acids is 1. The van der Waals surface area contributed by atoms with E-state index in [2.05, 4.69) is 0 Å².